The van der Waals surface area contributed by atoms with Gasteiger partial charge in [0.2, 0.25) is 0 Å². The molecule has 0 aliphatic rings. The molecule has 90 valence electrons. The number of nitrogens with one attached hydrogen (secondary N) is 1. The Morgan fingerprint density at radius 3 is 2.94 bits per heavy atom. The van der Waals surface area contributed by atoms with Gasteiger partial charge < -0.3 is 15.0 Å². The van der Waals surface area contributed by atoms with Crippen molar-refractivity contribution in [2.24, 2.45) is 0 Å². The van der Waals surface area contributed by atoms with Crippen LogP contribution in [-0.4, -0.2) is 38.8 Å². The number of anilines is 1. The Bertz CT molecular complexity index is 304. The van der Waals surface area contributed by atoms with Crippen LogP contribution >= 0.6 is 0 Å². The SMILES string of the molecule is CCN(CCOC)c1ncccc1CNC. The summed E-state index contributed by atoms with van der Waals surface area (Å²) in [5.41, 5.74) is 1.22. The summed E-state index contributed by atoms with van der Waals surface area (Å²) >= 11 is 0. The van der Waals surface area contributed by atoms with Crippen LogP contribution in [-0.2, 0) is 11.3 Å². The standard InChI is InChI=1S/C12H21N3O/c1-4-15(8-9-16-3)12-11(10-13-2)6-5-7-14-12/h5-7,13H,4,8-10H2,1-3H3. The molecule has 0 fully saturated rings. The summed E-state index contributed by atoms with van der Waals surface area (Å²) < 4.78 is 5.11. The Kier molecular flexibility index (Phi) is 5.82. The van der Waals surface area contributed by atoms with Gasteiger partial charge in [-0.1, -0.05) is 6.07 Å². The fourth-order valence-electron chi connectivity index (χ4n) is 1.66. The molecule has 1 N–H and O–H groups in total. The van der Waals surface area contributed by atoms with E-state index < -0.39 is 0 Å². The second-order valence-corrected chi connectivity index (χ2v) is 3.59. The van der Waals surface area contributed by atoms with Gasteiger partial charge in [0.05, 0.1) is 6.61 Å². The van der Waals surface area contributed by atoms with E-state index in [2.05, 4.69) is 28.2 Å². The van der Waals surface area contributed by atoms with Crippen LogP contribution in [0.1, 0.15) is 12.5 Å². The van der Waals surface area contributed by atoms with Crippen molar-refractivity contribution in [3.05, 3.63) is 23.9 Å². The van der Waals surface area contributed by atoms with Crippen molar-refractivity contribution in [3.8, 4) is 0 Å². The molecule has 0 radical (unpaired) electrons. The van der Waals surface area contributed by atoms with Crippen molar-refractivity contribution in [1.82, 2.24) is 10.3 Å². The molecule has 16 heavy (non-hydrogen) atoms. The van der Waals surface area contributed by atoms with Crippen molar-refractivity contribution in [1.29, 1.82) is 0 Å². The van der Waals surface area contributed by atoms with Crippen molar-refractivity contribution < 1.29 is 4.74 Å². The van der Waals surface area contributed by atoms with Crippen molar-refractivity contribution in [3.63, 3.8) is 0 Å². The van der Waals surface area contributed by atoms with Crippen LogP contribution in [0.5, 0.6) is 0 Å². The lowest BCUT2D eigenvalue weighted by Crippen LogP contribution is -2.29. The summed E-state index contributed by atoms with van der Waals surface area (Å²) in [4.78, 5) is 6.68. The summed E-state index contributed by atoms with van der Waals surface area (Å²) in [7, 11) is 3.67. The van der Waals surface area contributed by atoms with Crippen LogP contribution in [0.25, 0.3) is 0 Å². The predicted octanol–water partition coefficient (Wildman–Crippen LogP) is 1.27. The Hall–Kier alpha value is -1.13. The highest BCUT2D eigenvalue weighted by atomic mass is 16.5. The molecule has 0 aliphatic carbocycles. The summed E-state index contributed by atoms with van der Waals surface area (Å²) in [6.07, 6.45) is 1.84. The van der Waals surface area contributed by atoms with Gasteiger partial charge in [-0.15, -0.1) is 0 Å². The monoisotopic (exact) mass is 223 g/mol. The van der Waals surface area contributed by atoms with Gasteiger partial charge in [-0.05, 0) is 20.0 Å². The Balaban J connectivity index is 2.81. The Labute approximate surface area is 97.6 Å². The van der Waals surface area contributed by atoms with E-state index in [0.717, 1.165) is 32.1 Å². The lowest BCUT2D eigenvalue weighted by atomic mass is 10.2. The zero-order valence-corrected chi connectivity index (χ0v) is 10.4. The molecule has 0 saturated heterocycles. The molecule has 0 atom stereocenters. The highest BCUT2D eigenvalue weighted by Gasteiger charge is 2.09. The zero-order valence-electron chi connectivity index (χ0n) is 10.4. The second kappa shape index (κ2) is 7.19. The van der Waals surface area contributed by atoms with Gasteiger partial charge in [0.25, 0.3) is 0 Å². The lowest BCUT2D eigenvalue weighted by molar-refractivity contribution is 0.205. The molecule has 1 rings (SSSR count). The first-order valence-corrected chi connectivity index (χ1v) is 5.65. The van der Waals surface area contributed by atoms with Crippen LogP contribution in [0.2, 0.25) is 0 Å². The van der Waals surface area contributed by atoms with Gasteiger partial charge in [-0.25, -0.2) is 4.98 Å². The summed E-state index contributed by atoms with van der Waals surface area (Å²) in [6, 6.07) is 4.08. The van der Waals surface area contributed by atoms with E-state index in [1.807, 2.05) is 19.3 Å². The summed E-state index contributed by atoms with van der Waals surface area (Å²) in [5.74, 6) is 1.05. The minimum Gasteiger partial charge on any atom is -0.383 e. The molecule has 0 spiro atoms. The van der Waals surface area contributed by atoms with Gasteiger partial charge in [-0.2, -0.15) is 0 Å². The van der Waals surface area contributed by atoms with Crippen molar-refractivity contribution in [2.45, 2.75) is 13.5 Å². The van der Waals surface area contributed by atoms with Crippen LogP contribution in [0.4, 0.5) is 5.82 Å². The molecule has 0 saturated carbocycles. The van der Waals surface area contributed by atoms with E-state index in [-0.39, 0.29) is 0 Å². The number of pyridine rings is 1. The molecular formula is C12H21N3O. The van der Waals surface area contributed by atoms with Gasteiger partial charge >= 0.3 is 0 Å². The number of ether oxygens (including phenoxy) is 1. The van der Waals surface area contributed by atoms with E-state index >= 15 is 0 Å². The maximum absolute atomic E-state index is 5.11. The fourth-order valence-corrected chi connectivity index (χ4v) is 1.66. The highest BCUT2D eigenvalue weighted by Crippen LogP contribution is 2.16. The molecule has 0 aliphatic heterocycles. The first kappa shape index (κ1) is 12.9. The molecule has 1 heterocycles. The summed E-state index contributed by atoms with van der Waals surface area (Å²) in [6.45, 7) is 5.52. The third-order valence-corrected chi connectivity index (χ3v) is 2.48. The first-order chi connectivity index (χ1) is 7.83. The third kappa shape index (κ3) is 3.47. The minimum atomic E-state index is 0.726. The van der Waals surface area contributed by atoms with Crippen molar-refractivity contribution in [2.75, 3.05) is 38.8 Å². The van der Waals surface area contributed by atoms with Gasteiger partial charge in [-0.3, -0.25) is 0 Å². The fraction of sp³-hybridized carbons (Fsp3) is 0.583. The van der Waals surface area contributed by atoms with E-state index in [1.165, 1.54) is 5.56 Å². The van der Waals surface area contributed by atoms with E-state index in [9.17, 15) is 0 Å². The number of likely N-dealkylation sites (N-methyl/N-ethyl adjacent to an activating group) is 1. The van der Waals surface area contributed by atoms with E-state index in [1.54, 1.807) is 7.11 Å². The maximum Gasteiger partial charge on any atom is 0.133 e. The van der Waals surface area contributed by atoms with Gasteiger partial charge in [0.1, 0.15) is 5.82 Å². The third-order valence-electron chi connectivity index (χ3n) is 2.48. The van der Waals surface area contributed by atoms with E-state index in [0.29, 0.717) is 0 Å². The minimum absolute atomic E-state index is 0.726. The predicted molar refractivity (Wildman–Crippen MR) is 66.8 cm³/mol. The largest absolute Gasteiger partial charge is 0.383 e. The lowest BCUT2D eigenvalue weighted by Gasteiger charge is -2.23. The molecule has 4 nitrogen and oxygen atoms in total. The topological polar surface area (TPSA) is 37.4 Å². The number of methoxy groups -OCH3 is 1. The smallest absolute Gasteiger partial charge is 0.133 e. The maximum atomic E-state index is 5.11. The average molecular weight is 223 g/mol. The number of nitrogens with zero attached hydrogens (tertiary/aromatic N) is 2. The van der Waals surface area contributed by atoms with Crippen LogP contribution in [0.3, 0.4) is 0 Å². The molecule has 0 unspecified atom stereocenters. The van der Waals surface area contributed by atoms with Gasteiger partial charge in [0.15, 0.2) is 0 Å². The summed E-state index contributed by atoms with van der Waals surface area (Å²) in [5, 5.41) is 3.16. The quantitative estimate of drug-likeness (QED) is 0.755. The van der Waals surface area contributed by atoms with E-state index in [4.69, 9.17) is 4.74 Å². The second-order valence-electron chi connectivity index (χ2n) is 3.59. The number of rotatable bonds is 7. The first-order valence-electron chi connectivity index (χ1n) is 5.65. The molecule has 0 amide bonds. The Morgan fingerprint density at radius 2 is 2.31 bits per heavy atom. The Morgan fingerprint density at radius 1 is 1.50 bits per heavy atom. The van der Waals surface area contributed by atoms with Crippen molar-refractivity contribution >= 4 is 5.82 Å². The van der Waals surface area contributed by atoms with Crippen LogP contribution in [0.15, 0.2) is 18.3 Å². The molecule has 1 aromatic rings. The molecule has 1 aromatic heterocycles. The number of hydrogen-bond acceptors (Lipinski definition) is 4. The molecule has 4 heteroatoms. The van der Waals surface area contributed by atoms with Gasteiger partial charge in [0, 0.05) is 38.5 Å². The normalized spacial score (nSPS) is 10.4. The average Bonchev–Trinajstić information content (AvgIpc) is 2.32. The molecular weight excluding hydrogens is 202 g/mol. The zero-order chi connectivity index (χ0) is 11.8. The molecule has 0 bridgehead atoms. The van der Waals surface area contributed by atoms with Crippen LogP contribution < -0.4 is 10.2 Å². The highest BCUT2D eigenvalue weighted by molar-refractivity contribution is 5.46. The number of aromatic nitrogens is 1. The van der Waals surface area contributed by atoms with Crippen LogP contribution in [0, 0.1) is 0 Å². The molecule has 0 aromatic carbocycles. The number of hydrogen-bond donors (Lipinski definition) is 1.